The molecule has 1 aromatic carbocycles. The lowest BCUT2D eigenvalue weighted by atomic mass is 10.1. The van der Waals surface area contributed by atoms with Gasteiger partial charge in [-0.15, -0.1) is 10.2 Å². The van der Waals surface area contributed by atoms with Crippen LogP contribution in [0.3, 0.4) is 0 Å². The molecule has 1 aromatic heterocycles. The Morgan fingerprint density at radius 1 is 1.14 bits per heavy atom. The summed E-state index contributed by atoms with van der Waals surface area (Å²) in [5, 5.41) is 11.6. The highest BCUT2D eigenvalue weighted by molar-refractivity contribution is 5.78. The third-order valence-corrected chi connectivity index (χ3v) is 5.49. The highest BCUT2D eigenvalue weighted by Crippen LogP contribution is 2.24. The van der Waals surface area contributed by atoms with Crippen molar-refractivity contribution in [1.82, 2.24) is 25.0 Å². The summed E-state index contributed by atoms with van der Waals surface area (Å²) in [6.45, 7) is 7.77. The molecular formula is C21H31N5O3. The predicted octanol–water partition coefficient (Wildman–Crippen LogP) is 2.02. The molecule has 158 valence electrons. The van der Waals surface area contributed by atoms with Crippen molar-refractivity contribution in [2.75, 3.05) is 27.3 Å². The van der Waals surface area contributed by atoms with Crippen LogP contribution < -0.4 is 14.8 Å². The number of fused-ring (bicyclic) bond motifs is 1. The van der Waals surface area contributed by atoms with E-state index >= 15 is 0 Å². The molecule has 0 radical (unpaired) electrons. The fourth-order valence-electron chi connectivity index (χ4n) is 3.46. The topological polar surface area (TPSA) is 81.5 Å². The Kier molecular flexibility index (Phi) is 7.09. The highest BCUT2D eigenvalue weighted by atomic mass is 16.5. The minimum atomic E-state index is 0.0110. The molecule has 0 fully saturated rings. The number of carbonyl (C=O) groups excluding carboxylic acids is 1. The Bertz CT molecular complexity index is 813. The maximum atomic E-state index is 12.1. The van der Waals surface area contributed by atoms with Gasteiger partial charge < -0.3 is 19.4 Å². The number of carbonyl (C=O) groups is 1. The summed E-state index contributed by atoms with van der Waals surface area (Å²) >= 11 is 0. The molecule has 0 saturated carbocycles. The first-order valence-electron chi connectivity index (χ1n) is 10.2. The zero-order valence-electron chi connectivity index (χ0n) is 17.8. The van der Waals surface area contributed by atoms with Gasteiger partial charge >= 0.3 is 0 Å². The predicted molar refractivity (Wildman–Crippen MR) is 110 cm³/mol. The van der Waals surface area contributed by atoms with Crippen LogP contribution in [0.4, 0.5) is 0 Å². The van der Waals surface area contributed by atoms with E-state index in [1.54, 1.807) is 14.2 Å². The number of rotatable bonds is 8. The Balaban J connectivity index is 1.62. The number of aromatic nitrogens is 3. The zero-order valence-corrected chi connectivity index (χ0v) is 17.8. The molecule has 2 aromatic rings. The van der Waals surface area contributed by atoms with Gasteiger partial charge in [0.25, 0.3) is 0 Å². The number of hydrogen-bond acceptors (Lipinski definition) is 6. The molecule has 0 bridgehead atoms. The fraction of sp³-hybridized carbons (Fsp3) is 0.571. The quantitative estimate of drug-likeness (QED) is 0.729. The van der Waals surface area contributed by atoms with Crippen molar-refractivity contribution >= 4 is 5.91 Å². The Labute approximate surface area is 172 Å². The van der Waals surface area contributed by atoms with E-state index in [1.807, 2.05) is 32.0 Å². The number of nitrogens with one attached hydrogen (secondary N) is 1. The normalized spacial score (nSPS) is 15.3. The first-order valence-corrected chi connectivity index (χ1v) is 10.2. The second-order valence-corrected chi connectivity index (χ2v) is 7.46. The smallest absolute Gasteiger partial charge is 0.223 e. The Hall–Kier alpha value is -2.61. The van der Waals surface area contributed by atoms with Crippen molar-refractivity contribution in [3.63, 3.8) is 0 Å². The first kappa shape index (κ1) is 21.1. The molecule has 1 aliphatic rings. The summed E-state index contributed by atoms with van der Waals surface area (Å²) in [5.41, 5.74) is 1.15. The van der Waals surface area contributed by atoms with Gasteiger partial charge in [0.1, 0.15) is 17.3 Å². The average molecular weight is 402 g/mol. The molecule has 1 N–H and O–H groups in total. The van der Waals surface area contributed by atoms with Gasteiger partial charge in [-0.05, 0) is 24.1 Å². The van der Waals surface area contributed by atoms with Crippen molar-refractivity contribution in [2.45, 2.75) is 46.3 Å². The lowest BCUT2D eigenvalue weighted by molar-refractivity contribution is -0.124. The molecule has 3 rings (SSSR count). The fourth-order valence-corrected chi connectivity index (χ4v) is 3.46. The molecule has 0 saturated heterocycles. The minimum Gasteiger partial charge on any atom is -0.497 e. The monoisotopic (exact) mass is 401 g/mol. The lowest BCUT2D eigenvalue weighted by Crippen LogP contribution is -2.30. The van der Waals surface area contributed by atoms with E-state index in [2.05, 4.69) is 25.0 Å². The van der Waals surface area contributed by atoms with Crippen molar-refractivity contribution in [3.05, 3.63) is 35.4 Å². The van der Waals surface area contributed by atoms with Crippen LogP contribution in [0, 0.1) is 5.92 Å². The van der Waals surface area contributed by atoms with Crippen molar-refractivity contribution in [3.8, 4) is 11.5 Å². The number of amides is 1. The van der Waals surface area contributed by atoms with Crippen molar-refractivity contribution in [1.29, 1.82) is 0 Å². The van der Waals surface area contributed by atoms with Crippen LogP contribution in [0.1, 0.15) is 37.5 Å². The Morgan fingerprint density at radius 2 is 1.86 bits per heavy atom. The van der Waals surface area contributed by atoms with Gasteiger partial charge in [0.15, 0.2) is 5.82 Å². The molecule has 8 heteroatoms. The summed E-state index contributed by atoms with van der Waals surface area (Å²) in [6, 6.07) is 5.97. The third-order valence-electron chi connectivity index (χ3n) is 5.49. The van der Waals surface area contributed by atoms with E-state index in [4.69, 9.17) is 9.47 Å². The van der Waals surface area contributed by atoms with Crippen LogP contribution in [0.5, 0.6) is 11.5 Å². The number of benzene rings is 1. The molecule has 0 unspecified atom stereocenters. The van der Waals surface area contributed by atoms with E-state index in [1.165, 1.54) is 0 Å². The summed E-state index contributed by atoms with van der Waals surface area (Å²) < 4.78 is 12.9. The van der Waals surface area contributed by atoms with Crippen LogP contribution in [0.25, 0.3) is 0 Å². The van der Waals surface area contributed by atoms with Crippen LogP contribution in [-0.4, -0.2) is 52.9 Å². The maximum Gasteiger partial charge on any atom is 0.223 e. The largest absolute Gasteiger partial charge is 0.497 e. The highest BCUT2D eigenvalue weighted by Gasteiger charge is 2.20. The van der Waals surface area contributed by atoms with Gasteiger partial charge in [0, 0.05) is 44.6 Å². The van der Waals surface area contributed by atoms with Gasteiger partial charge in [-0.1, -0.05) is 13.8 Å². The van der Waals surface area contributed by atoms with E-state index in [-0.39, 0.29) is 11.8 Å². The SMILES string of the molecule is CC[C@@H](C)C(=O)NCc1nnc2n1CCN(Cc1cc(OC)cc(OC)c1)CC2. The summed E-state index contributed by atoms with van der Waals surface area (Å²) in [6.07, 6.45) is 1.65. The van der Waals surface area contributed by atoms with Crippen LogP contribution in [0.2, 0.25) is 0 Å². The summed E-state index contributed by atoms with van der Waals surface area (Å²) in [5.74, 6) is 3.46. The minimum absolute atomic E-state index is 0.0110. The van der Waals surface area contributed by atoms with Crippen LogP contribution in [0.15, 0.2) is 18.2 Å². The third kappa shape index (κ3) is 5.26. The number of nitrogens with zero attached hydrogens (tertiary/aromatic N) is 4. The molecule has 1 aliphatic heterocycles. The lowest BCUT2D eigenvalue weighted by Gasteiger charge is -2.20. The van der Waals surface area contributed by atoms with E-state index in [0.29, 0.717) is 6.54 Å². The van der Waals surface area contributed by atoms with Crippen LogP contribution in [-0.2, 0) is 30.8 Å². The van der Waals surface area contributed by atoms with Crippen molar-refractivity contribution in [2.24, 2.45) is 5.92 Å². The molecule has 29 heavy (non-hydrogen) atoms. The molecule has 1 atom stereocenters. The van der Waals surface area contributed by atoms with Gasteiger partial charge in [-0.3, -0.25) is 9.69 Å². The molecule has 0 aliphatic carbocycles. The molecule has 1 amide bonds. The Morgan fingerprint density at radius 3 is 2.52 bits per heavy atom. The first-order chi connectivity index (χ1) is 14.0. The van der Waals surface area contributed by atoms with Gasteiger partial charge in [0.2, 0.25) is 5.91 Å². The molecule has 8 nitrogen and oxygen atoms in total. The average Bonchev–Trinajstić information content (AvgIpc) is 3.03. The summed E-state index contributed by atoms with van der Waals surface area (Å²) in [7, 11) is 3.33. The second kappa shape index (κ2) is 9.73. The summed E-state index contributed by atoms with van der Waals surface area (Å²) in [4.78, 5) is 14.5. The van der Waals surface area contributed by atoms with Gasteiger partial charge in [-0.2, -0.15) is 0 Å². The molecule has 0 spiro atoms. The van der Waals surface area contributed by atoms with Crippen molar-refractivity contribution < 1.29 is 14.3 Å². The molecule has 2 heterocycles. The van der Waals surface area contributed by atoms with Crippen LogP contribution >= 0.6 is 0 Å². The molecular weight excluding hydrogens is 370 g/mol. The van der Waals surface area contributed by atoms with Gasteiger partial charge in [0.05, 0.1) is 20.8 Å². The standard InChI is InChI=1S/C21H31N5O3/c1-5-15(2)21(27)22-13-20-24-23-19-6-7-25(8-9-26(19)20)14-16-10-17(28-3)12-18(11-16)29-4/h10-12,15H,5-9,13-14H2,1-4H3,(H,22,27)/t15-/m1/s1. The maximum absolute atomic E-state index is 12.1. The van der Waals surface area contributed by atoms with E-state index in [9.17, 15) is 4.79 Å². The number of ether oxygens (including phenoxy) is 2. The zero-order chi connectivity index (χ0) is 20.8. The van der Waals surface area contributed by atoms with E-state index < -0.39 is 0 Å². The number of hydrogen-bond donors (Lipinski definition) is 1. The van der Waals surface area contributed by atoms with E-state index in [0.717, 1.165) is 67.7 Å². The second-order valence-electron chi connectivity index (χ2n) is 7.46. The number of methoxy groups -OCH3 is 2. The van der Waals surface area contributed by atoms with Gasteiger partial charge in [-0.25, -0.2) is 0 Å².